The first-order valence-electron chi connectivity index (χ1n) is 11.5. The molecule has 7 nitrogen and oxygen atoms in total. The number of rotatable bonds is 9. The number of nitrogens with one attached hydrogen (secondary N) is 1. The van der Waals surface area contributed by atoms with Crippen molar-refractivity contribution in [2.75, 3.05) is 0 Å². The highest BCUT2D eigenvalue weighted by molar-refractivity contribution is 7.90. The molecule has 2 unspecified atom stereocenters. The zero-order valence-corrected chi connectivity index (χ0v) is 20.9. The van der Waals surface area contributed by atoms with Gasteiger partial charge in [0.25, 0.3) is 0 Å². The Labute approximate surface area is 196 Å². The maximum absolute atomic E-state index is 13.7. The number of ether oxygens (including phenoxy) is 1. The van der Waals surface area contributed by atoms with Gasteiger partial charge in [0.2, 0.25) is 15.0 Å². The number of hydrogen-bond donors (Lipinski definition) is 1. The van der Waals surface area contributed by atoms with E-state index in [4.69, 9.17) is 4.74 Å². The molecule has 0 amide bonds. The number of benzene rings is 1. The Balaban J connectivity index is 2.00. The number of cyclic esters (lactones) is 1. The number of carbonyl (C=O) groups excluding carboxylic acids is 2. The zero-order chi connectivity index (χ0) is 24.4. The minimum absolute atomic E-state index is 0.0845. The van der Waals surface area contributed by atoms with Crippen LogP contribution in [0.25, 0.3) is 0 Å². The molecule has 1 aliphatic rings. The van der Waals surface area contributed by atoms with Crippen LogP contribution < -0.4 is 0 Å². The summed E-state index contributed by atoms with van der Waals surface area (Å²) in [5.74, 6) is -2.22. The fourth-order valence-corrected chi connectivity index (χ4v) is 6.27. The Kier molecular flexibility index (Phi) is 7.17. The number of aromatic amines is 1. The molecule has 0 bridgehead atoms. The van der Waals surface area contributed by atoms with Crippen molar-refractivity contribution < 1.29 is 22.7 Å². The van der Waals surface area contributed by atoms with E-state index in [1.165, 1.54) is 12.4 Å². The number of nitrogens with zero attached hydrogens (tertiary/aromatic N) is 1. The molecule has 2 aromatic rings. The topological polar surface area (TPSA) is 106 Å². The van der Waals surface area contributed by atoms with Gasteiger partial charge >= 0.3 is 5.97 Å². The van der Waals surface area contributed by atoms with E-state index >= 15 is 0 Å². The second-order valence-corrected chi connectivity index (χ2v) is 11.9. The maximum Gasteiger partial charge on any atom is 0.318 e. The third kappa shape index (κ3) is 5.05. The van der Waals surface area contributed by atoms with Crippen LogP contribution in [0, 0.1) is 11.3 Å². The van der Waals surface area contributed by atoms with Gasteiger partial charge < -0.3 is 9.72 Å². The molecule has 33 heavy (non-hydrogen) atoms. The second-order valence-electron chi connectivity index (χ2n) is 10.00. The van der Waals surface area contributed by atoms with Crippen LogP contribution >= 0.6 is 0 Å². The molecule has 1 aromatic heterocycles. The third-order valence-corrected chi connectivity index (χ3v) is 7.82. The molecule has 1 saturated heterocycles. The number of H-pyrrole nitrogens is 1. The van der Waals surface area contributed by atoms with E-state index in [2.05, 4.69) is 9.97 Å². The van der Waals surface area contributed by atoms with Crippen molar-refractivity contribution >= 4 is 21.6 Å². The van der Waals surface area contributed by atoms with Crippen LogP contribution in [-0.2, 0) is 29.9 Å². The average Bonchev–Trinajstić information content (AvgIpc) is 3.32. The fourth-order valence-electron chi connectivity index (χ4n) is 5.04. The van der Waals surface area contributed by atoms with E-state index in [-0.39, 0.29) is 16.7 Å². The van der Waals surface area contributed by atoms with Gasteiger partial charge in [0.1, 0.15) is 5.92 Å². The van der Waals surface area contributed by atoms with Crippen molar-refractivity contribution in [3.8, 4) is 0 Å². The number of sulfone groups is 1. The summed E-state index contributed by atoms with van der Waals surface area (Å²) >= 11 is 0. The molecule has 2 atom stereocenters. The van der Waals surface area contributed by atoms with Crippen molar-refractivity contribution in [2.24, 2.45) is 11.3 Å². The van der Waals surface area contributed by atoms with Gasteiger partial charge in [-0.15, -0.1) is 0 Å². The molecule has 1 aromatic carbocycles. The van der Waals surface area contributed by atoms with Gasteiger partial charge in [-0.25, -0.2) is 13.4 Å². The molecule has 1 fully saturated rings. The van der Waals surface area contributed by atoms with Crippen LogP contribution in [0.4, 0.5) is 0 Å². The summed E-state index contributed by atoms with van der Waals surface area (Å²) in [7, 11) is -3.65. The van der Waals surface area contributed by atoms with Gasteiger partial charge in [-0.3, -0.25) is 9.59 Å². The van der Waals surface area contributed by atoms with E-state index in [1.54, 1.807) is 18.2 Å². The zero-order valence-electron chi connectivity index (χ0n) is 20.1. The summed E-state index contributed by atoms with van der Waals surface area (Å²) < 4.78 is 31.2. The van der Waals surface area contributed by atoms with Crippen LogP contribution in [0.1, 0.15) is 77.3 Å². The Morgan fingerprint density at radius 1 is 1.15 bits per heavy atom. The molecular formula is C25H34N2O5S. The van der Waals surface area contributed by atoms with E-state index in [0.29, 0.717) is 18.4 Å². The number of hydrogen-bond acceptors (Lipinski definition) is 6. The third-order valence-electron chi connectivity index (χ3n) is 6.29. The molecule has 0 saturated carbocycles. The van der Waals surface area contributed by atoms with Crippen molar-refractivity contribution in [1.29, 1.82) is 0 Å². The number of aromatic nitrogens is 2. The lowest BCUT2D eigenvalue weighted by Gasteiger charge is -2.34. The summed E-state index contributed by atoms with van der Waals surface area (Å²) in [4.78, 5) is 33.3. The van der Waals surface area contributed by atoms with Crippen molar-refractivity contribution in [1.82, 2.24) is 9.97 Å². The Bertz CT molecular complexity index is 1090. The number of Topliss-reactive ketones (excluding diaryl/α,β-unsaturated/α-hetero) is 1. The van der Waals surface area contributed by atoms with E-state index in [1.807, 2.05) is 40.7 Å². The molecular weight excluding hydrogens is 440 g/mol. The smallest absolute Gasteiger partial charge is 0.318 e. The lowest BCUT2D eigenvalue weighted by Crippen LogP contribution is -2.40. The minimum Gasteiger partial charge on any atom is -0.450 e. The van der Waals surface area contributed by atoms with Gasteiger partial charge in [-0.2, -0.15) is 0 Å². The lowest BCUT2D eigenvalue weighted by atomic mass is 9.66. The van der Waals surface area contributed by atoms with Gasteiger partial charge in [0.15, 0.2) is 11.4 Å². The van der Waals surface area contributed by atoms with Gasteiger partial charge in [0.05, 0.1) is 5.75 Å². The molecule has 0 spiro atoms. The standard InChI is InChI=1S/C25H34N2O5S/c1-6-11-25(12-7-2)21(28)19(22(29)32-25)20(24(3,4)5)18-10-8-9-17(15-18)16-33(30,31)23-26-13-14-27-23/h8-10,13-15,19-20H,6-7,11-12,16H2,1-5H3,(H,26,27). The van der Waals surface area contributed by atoms with Crippen molar-refractivity contribution in [3.05, 3.63) is 47.8 Å². The molecule has 1 N–H and O–H groups in total. The highest BCUT2D eigenvalue weighted by atomic mass is 32.2. The molecule has 180 valence electrons. The molecule has 8 heteroatoms. The monoisotopic (exact) mass is 474 g/mol. The average molecular weight is 475 g/mol. The summed E-state index contributed by atoms with van der Waals surface area (Å²) in [5.41, 5.74) is -0.166. The summed E-state index contributed by atoms with van der Waals surface area (Å²) in [6.07, 6.45) is 5.38. The first-order valence-corrected chi connectivity index (χ1v) is 13.2. The van der Waals surface area contributed by atoms with E-state index < -0.39 is 38.7 Å². The number of imidazole rings is 1. The van der Waals surface area contributed by atoms with Crippen LogP contribution in [0.2, 0.25) is 0 Å². The largest absolute Gasteiger partial charge is 0.450 e. The predicted octanol–water partition coefficient (Wildman–Crippen LogP) is 4.59. The van der Waals surface area contributed by atoms with Crippen molar-refractivity contribution in [2.45, 2.75) is 82.7 Å². The maximum atomic E-state index is 13.7. The normalized spacial score (nSPS) is 19.5. The Hall–Kier alpha value is -2.48. The molecule has 0 aliphatic carbocycles. The van der Waals surface area contributed by atoms with Gasteiger partial charge in [0, 0.05) is 18.3 Å². The molecule has 3 rings (SSSR count). The summed E-state index contributed by atoms with van der Waals surface area (Å²) in [5, 5.41) is -0.0845. The van der Waals surface area contributed by atoms with Crippen molar-refractivity contribution in [3.63, 3.8) is 0 Å². The Morgan fingerprint density at radius 3 is 2.36 bits per heavy atom. The van der Waals surface area contributed by atoms with Crippen LogP contribution in [-0.4, -0.2) is 35.7 Å². The van der Waals surface area contributed by atoms with Gasteiger partial charge in [-0.1, -0.05) is 71.7 Å². The molecule has 0 radical (unpaired) electrons. The minimum atomic E-state index is -3.65. The lowest BCUT2D eigenvalue weighted by molar-refractivity contribution is -0.154. The molecule has 1 aliphatic heterocycles. The number of esters is 1. The first kappa shape index (κ1) is 25.1. The SMILES string of the molecule is CCCC1(CCC)OC(=O)C(C(c2cccc(CS(=O)(=O)c3ncc[nH]3)c2)C(C)(C)C)C1=O. The predicted molar refractivity (Wildman–Crippen MR) is 125 cm³/mol. The first-order chi connectivity index (χ1) is 15.4. The fraction of sp³-hybridized carbons (Fsp3) is 0.560. The van der Waals surface area contributed by atoms with E-state index in [0.717, 1.165) is 18.4 Å². The number of ketones is 1. The summed E-state index contributed by atoms with van der Waals surface area (Å²) in [6, 6.07) is 7.16. The van der Waals surface area contributed by atoms with Crippen LogP contribution in [0.5, 0.6) is 0 Å². The number of carbonyl (C=O) groups is 2. The quantitative estimate of drug-likeness (QED) is 0.421. The van der Waals surface area contributed by atoms with Gasteiger partial charge in [-0.05, 0) is 29.4 Å². The highest BCUT2D eigenvalue weighted by Crippen LogP contribution is 2.48. The summed E-state index contributed by atoms with van der Waals surface area (Å²) in [6.45, 7) is 9.93. The highest BCUT2D eigenvalue weighted by Gasteiger charge is 2.58. The second kappa shape index (κ2) is 9.41. The van der Waals surface area contributed by atoms with Crippen LogP contribution in [0.3, 0.4) is 0 Å². The Morgan fingerprint density at radius 2 is 1.82 bits per heavy atom. The molecule has 2 heterocycles. The van der Waals surface area contributed by atoms with E-state index in [9.17, 15) is 18.0 Å². The van der Waals surface area contributed by atoms with Crippen LogP contribution in [0.15, 0.2) is 41.8 Å².